The number of halogens is 8. The van der Waals surface area contributed by atoms with Crippen molar-refractivity contribution in [2.75, 3.05) is 0 Å². The number of hydrogen-bond acceptors (Lipinski definition) is 4. The molecule has 0 fully saturated rings. The largest absolute Gasteiger partial charge is 0.451 e. The second-order valence-electron chi connectivity index (χ2n) is 7.19. The van der Waals surface area contributed by atoms with Gasteiger partial charge in [0.1, 0.15) is 22.3 Å². The van der Waals surface area contributed by atoms with Gasteiger partial charge in [-0.25, -0.2) is 0 Å². The first-order valence-corrected chi connectivity index (χ1v) is 9.79. The molecule has 0 saturated heterocycles. The molecule has 0 aliphatic carbocycles. The van der Waals surface area contributed by atoms with Gasteiger partial charge in [-0.2, -0.15) is 35.1 Å². The van der Waals surface area contributed by atoms with E-state index in [0.717, 1.165) is 48.5 Å². The van der Waals surface area contributed by atoms with E-state index < -0.39 is 91.2 Å². The van der Waals surface area contributed by atoms with Gasteiger partial charge >= 0.3 is 0 Å². The van der Waals surface area contributed by atoms with Gasteiger partial charge in [0.15, 0.2) is 0 Å². The van der Waals surface area contributed by atoms with Crippen LogP contribution in [0.2, 0.25) is 0 Å². The summed E-state index contributed by atoms with van der Waals surface area (Å²) < 4.78 is 137. The lowest BCUT2D eigenvalue weighted by Crippen LogP contribution is -1.96. The van der Waals surface area contributed by atoms with Crippen LogP contribution >= 0.6 is 0 Å². The minimum absolute atomic E-state index is 0.520. The molecule has 0 N–H and O–H groups in total. The maximum absolute atomic E-state index is 14.6. The van der Waals surface area contributed by atoms with Gasteiger partial charge in [0, 0.05) is 12.1 Å². The summed E-state index contributed by atoms with van der Waals surface area (Å²) in [4.78, 5) is 0. The molecule has 4 aromatic carbocycles. The Kier molecular flexibility index (Phi) is 5.58. The SMILES string of the molecule is Fc1c(F)c2oc3cccc(c3)oc3c(F)c(F)c(oc4cccc(c4)oc1c(F)c2F)c(F)c3F. The van der Waals surface area contributed by atoms with Gasteiger partial charge in [0.2, 0.25) is 68.9 Å². The standard InChI is InChI=1S/C24H8F8O4/c25-13-17(29)23-18(30)14(26)21(13)33-9-3-1-4-10(7-9)34-22-15(27)19(31)24(20(32)16(22)28)36-12-6-2-5-11(8-12)35-23/h1-8H. The zero-order chi connectivity index (χ0) is 25.7. The molecule has 0 aliphatic rings. The average molecular weight is 512 g/mol. The van der Waals surface area contributed by atoms with Crippen molar-refractivity contribution in [2.45, 2.75) is 0 Å². The van der Waals surface area contributed by atoms with Gasteiger partial charge in [0.05, 0.1) is 0 Å². The van der Waals surface area contributed by atoms with Crippen LogP contribution in [0.3, 0.4) is 0 Å². The van der Waals surface area contributed by atoms with E-state index in [1.807, 2.05) is 0 Å². The Morgan fingerprint density at radius 1 is 0.333 bits per heavy atom. The molecule has 0 radical (unpaired) electrons. The predicted molar refractivity (Wildman–Crippen MR) is 109 cm³/mol. The lowest BCUT2D eigenvalue weighted by atomic mass is 10.2. The van der Waals surface area contributed by atoms with E-state index in [1.54, 1.807) is 0 Å². The summed E-state index contributed by atoms with van der Waals surface area (Å²) in [6, 6.07) is 7.92. The van der Waals surface area contributed by atoms with Gasteiger partial charge in [-0.3, -0.25) is 0 Å². The zero-order valence-electron chi connectivity index (χ0n) is 17.3. The second kappa shape index (κ2) is 8.63. The van der Waals surface area contributed by atoms with Crippen molar-refractivity contribution in [1.29, 1.82) is 0 Å². The topological polar surface area (TPSA) is 52.6 Å². The fourth-order valence-corrected chi connectivity index (χ4v) is 3.22. The molecule has 0 atom stereocenters. The smallest absolute Gasteiger partial charge is 0.208 e. The van der Waals surface area contributed by atoms with E-state index >= 15 is 0 Å². The van der Waals surface area contributed by atoms with Crippen molar-refractivity contribution >= 4 is 44.7 Å². The molecule has 4 heterocycles. The summed E-state index contributed by atoms with van der Waals surface area (Å²) in [5, 5.41) is 0. The van der Waals surface area contributed by atoms with Crippen molar-refractivity contribution in [3.63, 3.8) is 0 Å². The molecular weight excluding hydrogens is 504 g/mol. The lowest BCUT2D eigenvalue weighted by molar-refractivity contribution is 0.426. The van der Waals surface area contributed by atoms with Crippen LogP contribution in [0.1, 0.15) is 0 Å². The van der Waals surface area contributed by atoms with Crippen molar-refractivity contribution in [3.8, 4) is 0 Å². The third-order valence-corrected chi connectivity index (χ3v) is 4.86. The molecule has 36 heavy (non-hydrogen) atoms. The summed E-state index contributed by atoms with van der Waals surface area (Å²) in [6.45, 7) is 0. The maximum atomic E-state index is 14.6. The van der Waals surface area contributed by atoms with Crippen LogP contribution in [0.15, 0.2) is 66.2 Å². The Bertz CT molecular complexity index is 1520. The highest BCUT2D eigenvalue weighted by Gasteiger charge is 2.25. The summed E-state index contributed by atoms with van der Waals surface area (Å²) in [5.74, 6) is -15.7. The zero-order valence-corrected chi connectivity index (χ0v) is 17.3. The molecule has 0 saturated carbocycles. The van der Waals surface area contributed by atoms with E-state index in [1.165, 1.54) is 0 Å². The van der Waals surface area contributed by atoms with Crippen molar-refractivity contribution in [3.05, 3.63) is 95.1 Å². The number of rotatable bonds is 0. The van der Waals surface area contributed by atoms with Crippen LogP contribution in [-0.4, -0.2) is 0 Å². The fourth-order valence-electron chi connectivity index (χ4n) is 3.22. The molecule has 8 aromatic rings. The predicted octanol–water partition coefficient (Wildman–Crippen LogP) is 8.60. The molecule has 12 heteroatoms. The molecule has 184 valence electrons. The molecule has 4 aromatic heterocycles. The first-order valence-electron chi connectivity index (χ1n) is 9.79. The minimum Gasteiger partial charge on any atom is -0.451 e. The molecule has 0 aliphatic heterocycles. The van der Waals surface area contributed by atoms with Crippen LogP contribution in [0.5, 0.6) is 0 Å². The van der Waals surface area contributed by atoms with Crippen molar-refractivity contribution in [2.24, 2.45) is 0 Å². The van der Waals surface area contributed by atoms with E-state index in [-0.39, 0.29) is 0 Å². The Labute approximate surface area is 193 Å². The van der Waals surface area contributed by atoms with Crippen LogP contribution < -0.4 is 0 Å². The van der Waals surface area contributed by atoms with Gasteiger partial charge in [-0.1, -0.05) is 12.1 Å². The van der Waals surface area contributed by atoms with E-state index in [9.17, 15) is 35.1 Å². The highest BCUT2D eigenvalue weighted by atomic mass is 19.2. The number of hydrogen-bond donors (Lipinski definition) is 0. The van der Waals surface area contributed by atoms with E-state index in [4.69, 9.17) is 17.7 Å². The summed E-state index contributed by atoms with van der Waals surface area (Å²) in [5.41, 5.74) is -8.11. The van der Waals surface area contributed by atoms with Crippen LogP contribution in [0.4, 0.5) is 35.1 Å². The summed E-state index contributed by atoms with van der Waals surface area (Å²) in [6.07, 6.45) is 0. The molecule has 4 nitrogen and oxygen atoms in total. The molecular formula is C24H8F8O4. The van der Waals surface area contributed by atoms with Crippen LogP contribution in [-0.2, 0) is 0 Å². The minimum atomic E-state index is -1.96. The maximum Gasteiger partial charge on any atom is 0.208 e. The Morgan fingerprint density at radius 3 is 0.722 bits per heavy atom. The Hall–Kier alpha value is -4.48. The Balaban J connectivity index is 2.09. The fraction of sp³-hybridized carbons (Fsp3) is 0. The van der Waals surface area contributed by atoms with Gasteiger partial charge in [-0.15, -0.1) is 0 Å². The van der Waals surface area contributed by atoms with Crippen molar-refractivity contribution < 1.29 is 52.8 Å². The highest BCUT2D eigenvalue weighted by Crippen LogP contribution is 2.29. The third kappa shape index (κ3) is 3.80. The summed E-state index contributed by atoms with van der Waals surface area (Å²) >= 11 is 0. The Morgan fingerprint density at radius 2 is 0.528 bits per heavy atom. The quantitative estimate of drug-likeness (QED) is 0.154. The first kappa shape index (κ1) is 23.3. The van der Waals surface area contributed by atoms with E-state index in [2.05, 4.69) is 0 Å². The normalized spacial score (nSPS) is 11.3. The van der Waals surface area contributed by atoms with Crippen LogP contribution in [0.25, 0.3) is 44.7 Å². The number of benzene rings is 4. The van der Waals surface area contributed by atoms with E-state index in [0.29, 0.717) is 0 Å². The monoisotopic (exact) mass is 512 g/mol. The third-order valence-electron chi connectivity index (χ3n) is 4.86. The van der Waals surface area contributed by atoms with Gasteiger partial charge in [0.25, 0.3) is 0 Å². The molecule has 8 bridgehead atoms. The highest BCUT2D eigenvalue weighted by molar-refractivity contribution is 5.65. The average Bonchev–Trinajstić information content (AvgIpc) is 2.87. The first-order chi connectivity index (χ1) is 17.2. The van der Waals surface area contributed by atoms with Gasteiger partial charge in [-0.05, 0) is 24.3 Å². The molecule has 0 spiro atoms. The van der Waals surface area contributed by atoms with Crippen LogP contribution in [0, 0.1) is 46.5 Å². The lowest BCUT2D eigenvalue weighted by Gasteiger charge is -2.03. The summed E-state index contributed by atoms with van der Waals surface area (Å²) in [7, 11) is 0. The molecule has 0 unspecified atom stereocenters. The molecule has 8 rings (SSSR count). The van der Waals surface area contributed by atoms with Crippen molar-refractivity contribution in [1.82, 2.24) is 0 Å². The molecule has 0 amide bonds. The van der Waals surface area contributed by atoms with Gasteiger partial charge < -0.3 is 17.7 Å². The second-order valence-corrected chi connectivity index (χ2v) is 7.19.